The van der Waals surface area contributed by atoms with Gasteiger partial charge in [-0.05, 0) is 31.2 Å². The minimum Gasteiger partial charge on any atom is -0.338 e. The zero-order valence-corrected chi connectivity index (χ0v) is 11.9. The number of aryl methyl sites for hydroxylation is 1. The van der Waals surface area contributed by atoms with Gasteiger partial charge in [-0.2, -0.15) is 0 Å². The maximum atomic E-state index is 12.4. The van der Waals surface area contributed by atoms with Crippen molar-refractivity contribution in [3.63, 3.8) is 0 Å². The van der Waals surface area contributed by atoms with E-state index >= 15 is 0 Å². The molecule has 1 heterocycles. The van der Waals surface area contributed by atoms with Gasteiger partial charge in [-0.15, -0.1) is 0 Å². The van der Waals surface area contributed by atoms with E-state index in [1.54, 1.807) is 0 Å². The van der Waals surface area contributed by atoms with Crippen LogP contribution < -0.4 is 5.73 Å². The maximum Gasteiger partial charge on any atom is 0.227 e. The fourth-order valence-electron chi connectivity index (χ4n) is 2.90. The van der Waals surface area contributed by atoms with Gasteiger partial charge in [0.2, 0.25) is 5.91 Å². The molecule has 0 bridgehead atoms. The number of carbonyl (C=O) groups is 1. The quantitative estimate of drug-likeness (QED) is 0.905. The fraction of sp³-hybridized carbons (Fsp3) is 0.562. The van der Waals surface area contributed by atoms with Crippen LogP contribution in [0.15, 0.2) is 24.3 Å². The minimum atomic E-state index is 0.214. The summed E-state index contributed by atoms with van der Waals surface area (Å²) in [5.74, 6) is 0.728. The van der Waals surface area contributed by atoms with E-state index in [9.17, 15) is 4.79 Å². The molecule has 0 spiro atoms. The molecule has 19 heavy (non-hydrogen) atoms. The van der Waals surface area contributed by atoms with Crippen LogP contribution in [0.4, 0.5) is 0 Å². The van der Waals surface area contributed by atoms with Crippen LogP contribution in [0.1, 0.15) is 30.9 Å². The average molecular weight is 260 g/mol. The fourth-order valence-corrected chi connectivity index (χ4v) is 2.90. The second-order valence-electron chi connectivity index (χ2n) is 5.67. The largest absolute Gasteiger partial charge is 0.338 e. The highest BCUT2D eigenvalue weighted by Gasteiger charge is 2.30. The van der Waals surface area contributed by atoms with E-state index in [1.165, 1.54) is 12.0 Å². The molecule has 0 unspecified atom stereocenters. The molecule has 0 saturated carbocycles. The van der Waals surface area contributed by atoms with E-state index in [1.807, 2.05) is 17.0 Å². The van der Waals surface area contributed by atoms with Crippen molar-refractivity contribution >= 4 is 5.91 Å². The Morgan fingerprint density at radius 1 is 1.37 bits per heavy atom. The Hall–Kier alpha value is -1.35. The molecule has 1 fully saturated rings. The van der Waals surface area contributed by atoms with Gasteiger partial charge in [0.1, 0.15) is 0 Å². The van der Waals surface area contributed by atoms with Crippen molar-refractivity contribution in [3.05, 3.63) is 35.4 Å². The highest BCUT2D eigenvalue weighted by atomic mass is 16.2. The molecule has 2 atom stereocenters. The van der Waals surface area contributed by atoms with Gasteiger partial charge in [0.25, 0.3) is 0 Å². The monoisotopic (exact) mass is 260 g/mol. The lowest BCUT2D eigenvalue weighted by atomic mass is 9.90. The molecule has 2 rings (SSSR count). The van der Waals surface area contributed by atoms with E-state index in [0.717, 1.165) is 18.5 Å². The molecule has 0 aliphatic carbocycles. The van der Waals surface area contributed by atoms with Crippen LogP contribution in [0.3, 0.4) is 0 Å². The molecular formula is C16H24N2O. The Kier molecular flexibility index (Phi) is 4.59. The summed E-state index contributed by atoms with van der Waals surface area (Å²) in [4.78, 5) is 14.4. The molecule has 3 nitrogen and oxygen atoms in total. The summed E-state index contributed by atoms with van der Waals surface area (Å²) < 4.78 is 0. The average Bonchev–Trinajstić information content (AvgIpc) is 2.41. The molecule has 1 aliphatic rings. The van der Waals surface area contributed by atoms with Crippen molar-refractivity contribution in [1.29, 1.82) is 0 Å². The maximum absolute atomic E-state index is 12.4. The number of nitrogens with zero attached hydrogens (tertiary/aromatic N) is 1. The lowest BCUT2D eigenvalue weighted by Gasteiger charge is -2.39. The third kappa shape index (κ3) is 3.35. The van der Waals surface area contributed by atoms with Crippen molar-refractivity contribution < 1.29 is 4.79 Å². The second kappa shape index (κ2) is 6.20. The molecule has 1 aromatic carbocycles. The van der Waals surface area contributed by atoms with Crippen LogP contribution in [0, 0.1) is 12.8 Å². The molecule has 1 saturated heterocycles. The van der Waals surface area contributed by atoms with Crippen LogP contribution in [0.5, 0.6) is 0 Å². The first-order chi connectivity index (χ1) is 9.11. The summed E-state index contributed by atoms with van der Waals surface area (Å²) in [6, 6.07) is 8.41. The Labute approximate surface area is 115 Å². The third-order valence-electron chi connectivity index (χ3n) is 4.15. The molecule has 1 amide bonds. The smallest absolute Gasteiger partial charge is 0.227 e. The number of benzene rings is 1. The summed E-state index contributed by atoms with van der Waals surface area (Å²) in [5.41, 5.74) is 8.15. The van der Waals surface area contributed by atoms with Crippen LogP contribution in [0.2, 0.25) is 0 Å². The highest BCUT2D eigenvalue weighted by molar-refractivity contribution is 5.79. The van der Waals surface area contributed by atoms with Crippen molar-refractivity contribution in [1.82, 2.24) is 4.90 Å². The number of rotatable bonds is 3. The van der Waals surface area contributed by atoms with Gasteiger partial charge in [-0.25, -0.2) is 0 Å². The van der Waals surface area contributed by atoms with E-state index in [4.69, 9.17) is 5.73 Å². The Morgan fingerprint density at radius 2 is 2.05 bits per heavy atom. The molecule has 1 aromatic rings. The number of hydrogen-bond donors (Lipinski definition) is 1. The van der Waals surface area contributed by atoms with E-state index in [-0.39, 0.29) is 11.9 Å². The lowest BCUT2D eigenvalue weighted by molar-refractivity contribution is -0.135. The number of hydrogen-bond acceptors (Lipinski definition) is 2. The topological polar surface area (TPSA) is 46.3 Å². The van der Waals surface area contributed by atoms with Gasteiger partial charge in [0.05, 0.1) is 6.42 Å². The molecule has 0 radical (unpaired) electrons. The number of carbonyl (C=O) groups excluding carboxylic acids is 1. The van der Waals surface area contributed by atoms with Crippen LogP contribution in [-0.4, -0.2) is 29.9 Å². The van der Waals surface area contributed by atoms with Gasteiger partial charge < -0.3 is 10.6 Å². The lowest BCUT2D eigenvalue weighted by Crippen LogP contribution is -2.51. The molecule has 3 heteroatoms. The summed E-state index contributed by atoms with van der Waals surface area (Å²) in [6.07, 6.45) is 2.76. The predicted octanol–water partition coefficient (Wildman–Crippen LogP) is 2.12. The number of amides is 1. The number of likely N-dealkylation sites (tertiary alicyclic amines) is 1. The normalized spacial score (nSPS) is 23.4. The number of nitrogens with two attached hydrogens (primary N) is 1. The molecule has 2 N–H and O–H groups in total. The highest BCUT2D eigenvalue weighted by Crippen LogP contribution is 2.23. The van der Waals surface area contributed by atoms with Crippen molar-refractivity contribution in [2.75, 3.05) is 13.1 Å². The van der Waals surface area contributed by atoms with E-state index < -0.39 is 0 Å². The SMILES string of the molecule is Cc1ccc(CC(=O)N2CCC[C@H](C)[C@H]2CN)cc1. The zero-order valence-electron chi connectivity index (χ0n) is 11.9. The van der Waals surface area contributed by atoms with E-state index in [0.29, 0.717) is 18.9 Å². The van der Waals surface area contributed by atoms with E-state index in [2.05, 4.69) is 26.0 Å². The van der Waals surface area contributed by atoms with Crippen LogP contribution in [0.25, 0.3) is 0 Å². The minimum absolute atomic E-state index is 0.214. The second-order valence-corrected chi connectivity index (χ2v) is 5.67. The predicted molar refractivity (Wildman–Crippen MR) is 77.8 cm³/mol. The van der Waals surface area contributed by atoms with Crippen molar-refractivity contribution in [2.24, 2.45) is 11.7 Å². The van der Waals surface area contributed by atoms with Gasteiger partial charge in [-0.1, -0.05) is 36.8 Å². The van der Waals surface area contributed by atoms with Gasteiger partial charge in [-0.3, -0.25) is 4.79 Å². The zero-order chi connectivity index (χ0) is 13.8. The third-order valence-corrected chi connectivity index (χ3v) is 4.15. The van der Waals surface area contributed by atoms with Gasteiger partial charge >= 0.3 is 0 Å². The molecule has 0 aromatic heterocycles. The summed E-state index contributed by atoms with van der Waals surface area (Å²) >= 11 is 0. The van der Waals surface area contributed by atoms with Gasteiger partial charge in [0.15, 0.2) is 0 Å². The Bertz CT molecular complexity index is 427. The summed E-state index contributed by atoms with van der Waals surface area (Å²) in [6.45, 7) is 5.68. The number of piperidine rings is 1. The molecular weight excluding hydrogens is 236 g/mol. The molecule has 1 aliphatic heterocycles. The summed E-state index contributed by atoms with van der Waals surface area (Å²) in [7, 11) is 0. The first-order valence-corrected chi connectivity index (χ1v) is 7.17. The van der Waals surface area contributed by atoms with Crippen molar-refractivity contribution in [2.45, 2.75) is 39.2 Å². The van der Waals surface area contributed by atoms with Gasteiger partial charge in [0, 0.05) is 19.1 Å². The summed E-state index contributed by atoms with van der Waals surface area (Å²) in [5, 5.41) is 0. The van der Waals surface area contributed by atoms with Crippen molar-refractivity contribution in [3.8, 4) is 0 Å². The van der Waals surface area contributed by atoms with Crippen LogP contribution in [-0.2, 0) is 11.2 Å². The standard InChI is InChI=1S/C16H24N2O/c1-12-5-7-14(8-6-12)10-16(19)18-9-3-4-13(2)15(18)11-17/h5-8,13,15H,3-4,9-11,17H2,1-2H3/t13-,15+/m0/s1. The molecule has 104 valence electrons. The first-order valence-electron chi connectivity index (χ1n) is 7.17. The van der Waals surface area contributed by atoms with Crippen LogP contribution >= 0.6 is 0 Å². The first kappa shape index (κ1) is 14.1. The Balaban J connectivity index is 2.04. The Morgan fingerprint density at radius 3 is 2.68 bits per heavy atom.